The molecule has 2 atom stereocenters. The number of benzene rings is 1. The van der Waals surface area contributed by atoms with Gasteiger partial charge in [0, 0.05) is 44.6 Å². The Kier molecular flexibility index (Phi) is 8.07. The molecule has 2 aliphatic heterocycles. The molecular formula is C23H34N2O3. The van der Waals surface area contributed by atoms with Crippen LogP contribution < -0.4 is 5.32 Å². The maximum absolute atomic E-state index is 12.3. The lowest BCUT2D eigenvalue weighted by Crippen LogP contribution is -2.52. The minimum absolute atomic E-state index is 0.0761. The fourth-order valence-electron chi connectivity index (χ4n) is 3.94. The zero-order valence-electron chi connectivity index (χ0n) is 17.2. The minimum Gasteiger partial charge on any atom is -0.381 e. The third-order valence-corrected chi connectivity index (χ3v) is 5.75. The average Bonchev–Trinajstić information content (AvgIpc) is 3.24. The van der Waals surface area contributed by atoms with E-state index >= 15 is 0 Å². The van der Waals surface area contributed by atoms with Crippen molar-refractivity contribution in [1.82, 2.24) is 10.2 Å². The lowest BCUT2D eigenvalue weighted by atomic mass is 9.97. The van der Waals surface area contributed by atoms with Crippen molar-refractivity contribution in [2.75, 3.05) is 46.1 Å². The summed E-state index contributed by atoms with van der Waals surface area (Å²) in [4.78, 5) is 14.8. The van der Waals surface area contributed by atoms with E-state index in [9.17, 15) is 4.79 Å². The van der Waals surface area contributed by atoms with Crippen LogP contribution in [-0.2, 0) is 14.3 Å². The van der Waals surface area contributed by atoms with Crippen molar-refractivity contribution in [1.29, 1.82) is 0 Å². The molecule has 1 aromatic carbocycles. The molecule has 154 valence electrons. The maximum atomic E-state index is 12.3. The maximum Gasteiger partial charge on any atom is 0.223 e. The number of rotatable bonds is 8. The molecule has 0 aromatic heterocycles. The highest BCUT2D eigenvalue weighted by atomic mass is 16.5. The van der Waals surface area contributed by atoms with Gasteiger partial charge in [-0.25, -0.2) is 0 Å². The van der Waals surface area contributed by atoms with Crippen LogP contribution in [0.15, 0.2) is 30.3 Å². The van der Waals surface area contributed by atoms with Gasteiger partial charge in [0.15, 0.2) is 0 Å². The Hall–Kier alpha value is -1.69. The smallest absolute Gasteiger partial charge is 0.223 e. The van der Waals surface area contributed by atoms with Crippen LogP contribution >= 0.6 is 0 Å². The van der Waals surface area contributed by atoms with E-state index < -0.39 is 0 Å². The van der Waals surface area contributed by atoms with Crippen molar-refractivity contribution in [3.8, 4) is 0 Å². The standard InChI is InChI=1S/C23H34N2O3/c1-18(2)20-8-6-19(7-9-20)4-3-5-23(26)24-16-22(21-10-13-28-17-21)25-11-14-27-15-12-25/h3-4,6-9,18,21-22H,5,10-17H2,1-2H3,(H,24,26). The third kappa shape index (κ3) is 6.16. The van der Waals surface area contributed by atoms with Crippen molar-refractivity contribution < 1.29 is 14.3 Å². The summed E-state index contributed by atoms with van der Waals surface area (Å²) in [5.41, 5.74) is 2.46. The Labute approximate surface area is 169 Å². The van der Waals surface area contributed by atoms with E-state index in [4.69, 9.17) is 9.47 Å². The SMILES string of the molecule is CC(C)c1ccc(C=CCC(=O)NCC(C2CCOC2)N2CCOCC2)cc1. The second kappa shape index (κ2) is 10.7. The largest absolute Gasteiger partial charge is 0.381 e. The number of hydrogen-bond acceptors (Lipinski definition) is 4. The molecule has 5 nitrogen and oxygen atoms in total. The van der Waals surface area contributed by atoms with Gasteiger partial charge in [0.1, 0.15) is 0 Å². The lowest BCUT2D eigenvalue weighted by molar-refractivity contribution is -0.120. The lowest BCUT2D eigenvalue weighted by Gasteiger charge is -2.37. The Morgan fingerprint density at radius 3 is 2.57 bits per heavy atom. The summed E-state index contributed by atoms with van der Waals surface area (Å²) >= 11 is 0. The van der Waals surface area contributed by atoms with E-state index in [1.165, 1.54) is 5.56 Å². The van der Waals surface area contributed by atoms with E-state index in [1.807, 2.05) is 12.2 Å². The normalized spacial score (nSPS) is 22.0. The zero-order chi connectivity index (χ0) is 19.8. The van der Waals surface area contributed by atoms with E-state index in [0.29, 0.717) is 30.8 Å². The van der Waals surface area contributed by atoms with Gasteiger partial charge >= 0.3 is 0 Å². The fourth-order valence-corrected chi connectivity index (χ4v) is 3.94. The number of nitrogens with zero attached hydrogens (tertiary/aromatic N) is 1. The first-order valence-electron chi connectivity index (χ1n) is 10.6. The Bertz CT molecular complexity index is 630. The molecule has 0 bridgehead atoms. The van der Waals surface area contributed by atoms with Crippen molar-refractivity contribution in [3.05, 3.63) is 41.5 Å². The van der Waals surface area contributed by atoms with Crippen LogP contribution in [0, 0.1) is 5.92 Å². The van der Waals surface area contributed by atoms with E-state index in [2.05, 4.69) is 48.3 Å². The molecule has 0 aliphatic carbocycles. The number of amides is 1. The monoisotopic (exact) mass is 386 g/mol. The van der Waals surface area contributed by atoms with Crippen LogP contribution in [0.1, 0.15) is 43.7 Å². The van der Waals surface area contributed by atoms with Crippen LogP contribution in [-0.4, -0.2) is 62.9 Å². The summed E-state index contributed by atoms with van der Waals surface area (Å²) < 4.78 is 11.1. The molecular weight excluding hydrogens is 352 g/mol. The van der Waals surface area contributed by atoms with E-state index in [0.717, 1.165) is 51.5 Å². The van der Waals surface area contributed by atoms with Gasteiger partial charge in [0.2, 0.25) is 5.91 Å². The molecule has 0 spiro atoms. The van der Waals surface area contributed by atoms with Crippen molar-refractivity contribution in [3.63, 3.8) is 0 Å². The van der Waals surface area contributed by atoms with Crippen molar-refractivity contribution in [2.45, 2.75) is 38.6 Å². The molecule has 0 radical (unpaired) electrons. The highest BCUT2D eigenvalue weighted by Crippen LogP contribution is 2.22. The van der Waals surface area contributed by atoms with Crippen molar-refractivity contribution in [2.24, 2.45) is 5.92 Å². The number of morpholine rings is 1. The van der Waals surface area contributed by atoms with Gasteiger partial charge in [-0.2, -0.15) is 0 Å². The first kappa shape index (κ1) is 21.0. The Morgan fingerprint density at radius 2 is 1.93 bits per heavy atom. The summed E-state index contributed by atoms with van der Waals surface area (Å²) in [5.74, 6) is 1.11. The average molecular weight is 387 g/mol. The summed E-state index contributed by atoms with van der Waals surface area (Å²) in [6.45, 7) is 10.1. The molecule has 28 heavy (non-hydrogen) atoms. The molecule has 2 unspecified atom stereocenters. The first-order valence-corrected chi connectivity index (χ1v) is 10.6. The minimum atomic E-state index is 0.0761. The van der Waals surface area contributed by atoms with Crippen LogP contribution in [0.3, 0.4) is 0 Å². The number of carbonyl (C=O) groups excluding carboxylic acids is 1. The van der Waals surface area contributed by atoms with Crippen LogP contribution in [0.25, 0.3) is 6.08 Å². The molecule has 1 N–H and O–H groups in total. The Morgan fingerprint density at radius 1 is 1.18 bits per heavy atom. The second-order valence-electron chi connectivity index (χ2n) is 8.07. The number of nitrogens with one attached hydrogen (secondary N) is 1. The predicted octanol–water partition coefficient (Wildman–Crippen LogP) is 3.07. The molecule has 5 heteroatoms. The van der Waals surface area contributed by atoms with Gasteiger partial charge in [-0.1, -0.05) is 50.3 Å². The first-order chi connectivity index (χ1) is 13.6. The van der Waals surface area contributed by atoms with Gasteiger partial charge < -0.3 is 14.8 Å². The van der Waals surface area contributed by atoms with Gasteiger partial charge in [-0.3, -0.25) is 9.69 Å². The van der Waals surface area contributed by atoms with Crippen molar-refractivity contribution >= 4 is 12.0 Å². The summed E-state index contributed by atoms with van der Waals surface area (Å²) in [7, 11) is 0. The predicted molar refractivity (Wildman–Crippen MR) is 112 cm³/mol. The molecule has 1 amide bonds. The molecule has 2 fully saturated rings. The summed E-state index contributed by atoms with van der Waals surface area (Å²) in [5, 5.41) is 3.14. The molecule has 2 aliphatic rings. The number of hydrogen-bond donors (Lipinski definition) is 1. The summed E-state index contributed by atoms with van der Waals surface area (Å²) in [6, 6.07) is 8.86. The number of ether oxygens (including phenoxy) is 2. The van der Waals surface area contributed by atoms with Gasteiger partial charge in [-0.15, -0.1) is 0 Å². The molecule has 1 aromatic rings. The molecule has 2 saturated heterocycles. The molecule has 3 rings (SSSR count). The second-order valence-corrected chi connectivity index (χ2v) is 8.07. The highest BCUT2D eigenvalue weighted by Gasteiger charge is 2.31. The topological polar surface area (TPSA) is 50.8 Å². The van der Waals surface area contributed by atoms with Gasteiger partial charge in [0.25, 0.3) is 0 Å². The zero-order valence-corrected chi connectivity index (χ0v) is 17.2. The highest BCUT2D eigenvalue weighted by molar-refractivity contribution is 5.78. The van der Waals surface area contributed by atoms with E-state index in [1.54, 1.807) is 0 Å². The third-order valence-electron chi connectivity index (χ3n) is 5.75. The van der Waals surface area contributed by atoms with Gasteiger partial charge in [0.05, 0.1) is 19.8 Å². The molecule has 2 heterocycles. The molecule has 0 saturated carbocycles. The fraction of sp³-hybridized carbons (Fsp3) is 0.609. The van der Waals surface area contributed by atoms with Gasteiger partial charge in [-0.05, 0) is 23.5 Å². The van der Waals surface area contributed by atoms with Crippen LogP contribution in [0.5, 0.6) is 0 Å². The number of carbonyl (C=O) groups is 1. The summed E-state index contributed by atoms with van der Waals surface area (Å²) in [6.07, 6.45) is 5.45. The quantitative estimate of drug-likeness (QED) is 0.746. The Balaban J connectivity index is 1.47. The van der Waals surface area contributed by atoms with Crippen LogP contribution in [0.2, 0.25) is 0 Å². The van der Waals surface area contributed by atoms with E-state index in [-0.39, 0.29) is 5.91 Å². The van der Waals surface area contributed by atoms with Crippen LogP contribution in [0.4, 0.5) is 0 Å².